The van der Waals surface area contributed by atoms with Crippen LogP contribution >= 0.6 is 7.26 Å². The Bertz CT molecular complexity index is 1680. The van der Waals surface area contributed by atoms with Crippen LogP contribution in [0.1, 0.15) is 72.4 Å². The van der Waals surface area contributed by atoms with Crippen LogP contribution in [0.15, 0.2) is 140 Å². The van der Waals surface area contributed by atoms with Crippen molar-refractivity contribution in [3.8, 4) is 0 Å². The summed E-state index contributed by atoms with van der Waals surface area (Å²) >= 11 is 0. The quantitative estimate of drug-likeness (QED) is 0.110. The maximum atomic E-state index is 13.3. The van der Waals surface area contributed by atoms with Crippen molar-refractivity contribution in [2.45, 2.75) is 51.4 Å². The first-order chi connectivity index (χ1) is 22.3. The van der Waals surface area contributed by atoms with E-state index in [1.165, 1.54) is 31.9 Å². The van der Waals surface area contributed by atoms with E-state index in [-0.39, 0.29) is 22.6 Å². The minimum absolute atomic E-state index is 0.143. The normalized spacial score (nSPS) is 14.0. The summed E-state index contributed by atoms with van der Waals surface area (Å²) in [5.41, 5.74) is 3.01. The number of amides is 2. The van der Waals surface area contributed by atoms with Crippen LogP contribution in [0.3, 0.4) is 0 Å². The fraction of sp³-hybridized carbons (Fsp3) is 0.238. The average Bonchev–Trinajstić information content (AvgIpc) is 3.35. The fourth-order valence-corrected chi connectivity index (χ4v) is 13.1. The van der Waals surface area contributed by atoms with Gasteiger partial charge < -0.3 is 0 Å². The molecule has 0 saturated heterocycles. The first kappa shape index (κ1) is 31.6. The molecule has 0 N–H and O–H groups in total. The minimum atomic E-state index is -2.46. The second kappa shape index (κ2) is 12.8. The van der Waals surface area contributed by atoms with Gasteiger partial charge >= 0.3 is 263 Å². The van der Waals surface area contributed by atoms with Crippen LogP contribution < -0.4 is 15.9 Å². The van der Waals surface area contributed by atoms with Crippen LogP contribution in [0.4, 0.5) is 0 Å². The molecule has 46 heavy (non-hydrogen) atoms. The molecule has 3 nitrogen and oxygen atoms in total. The first-order valence-corrected chi connectivity index (χ1v) is 18.7. The van der Waals surface area contributed by atoms with Crippen molar-refractivity contribution in [1.29, 1.82) is 0 Å². The number of rotatable bonds is 11. The van der Waals surface area contributed by atoms with E-state index in [9.17, 15) is 9.59 Å². The van der Waals surface area contributed by atoms with E-state index in [0.717, 1.165) is 19.0 Å². The molecule has 4 heteroatoms. The van der Waals surface area contributed by atoms with E-state index < -0.39 is 7.26 Å². The van der Waals surface area contributed by atoms with E-state index in [2.05, 4.69) is 143 Å². The van der Waals surface area contributed by atoms with E-state index in [4.69, 9.17) is 0 Å². The molecule has 5 aromatic rings. The second-order valence-corrected chi connectivity index (χ2v) is 17.3. The average molecular weight is 626 g/mol. The third-order valence-corrected chi connectivity index (χ3v) is 15.8. The molecule has 0 saturated carbocycles. The molecule has 1 aliphatic rings. The summed E-state index contributed by atoms with van der Waals surface area (Å²) < 4.78 is 0. The summed E-state index contributed by atoms with van der Waals surface area (Å²) in [5, 5.41) is 4.23. The molecule has 0 bridgehead atoms. The van der Waals surface area contributed by atoms with E-state index in [0.29, 0.717) is 17.7 Å². The van der Waals surface area contributed by atoms with Gasteiger partial charge in [0.15, 0.2) is 0 Å². The number of hydrogen-bond donors (Lipinski definition) is 0. The molecule has 0 aromatic heterocycles. The van der Waals surface area contributed by atoms with Gasteiger partial charge in [-0.2, -0.15) is 0 Å². The zero-order chi connectivity index (χ0) is 32.4. The van der Waals surface area contributed by atoms with E-state index in [1.54, 1.807) is 12.1 Å². The molecule has 0 aliphatic carbocycles. The fourth-order valence-electron chi connectivity index (χ4n) is 7.67. The van der Waals surface area contributed by atoms with Gasteiger partial charge in [0.2, 0.25) is 0 Å². The molecule has 6 rings (SSSR count). The van der Waals surface area contributed by atoms with Gasteiger partial charge in [-0.3, -0.25) is 0 Å². The van der Waals surface area contributed by atoms with Crippen LogP contribution in [0, 0.1) is 0 Å². The topological polar surface area (TPSA) is 37.4 Å². The molecule has 0 spiro atoms. The Kier molecular flexibility index (Phi) is 8.82. The summed E-state index contributed by atoms with van der Waals surface area (Å²) in [4.78, 5) is 28.1. The molecular weight excluding hydrogens is 581 g/mol. The van der Waals surface area contributed by atoms with Crippen LogP contribution in [0.2, 0.25) is 0 Å². The van der Waals surface area contributed by atoms with Gasteiger partial charge in [0.25, 0.3) is 0 Å². The predicted molar refractivity (Wildman–Crippen MR) is 195 cm³/mol. The van der Waals surface area contributed by atoms with Crippen molar-refractivity contribution in [3.05, 3.63) is 162 Å². The Morgan fingerprint density at radius 3 is 1.28 bits per heavy atom. The molecular formula is C42H44NO2P. The Labute approximate surface area is 274 Å². The Morgan fingerprint density at radius 1 is 0.522 bits per heavy atom. The SMILES string of the molecule is CCC(CC)(CN1C(=O)c2ccccc2C1=O)c1ccc(C(C)(C)C[PH](c2ccccc2)(c2ccccc2)c2ccccc2)cc1. The molecule has 0 atom stereocenters. The molecule has 0 unspecified atom stereocenters. The third kappa shape index (κ3) is 5.52. The zero-order valence-corrected chi connectivity index (χ0v) is 28.4. The van der Waals surface area contributed by atoms with Crippen molar-refractivity contribution < 1.29 is 9.59 Å². The molecule has 5 aromatic carbocycles. The Balaban J connectivity index is 1.37. The molecule has 234 valence electrons. The molecule has 1 heterocycles. The number of benzene rings is 5. The summed E-state index contributed by atoms with van der Waals surface area (Å²) in [6, 6.07) is 49.5. The summed E-state index contributed by atoms with van der Waals surface area (Å²) in [5.74, 6) is -0.373. The second-order valence-electron chi connectivity index (χ2n) is 13.4. The van der Waals surface area contributed by atoms with Gasteiger partial charge in [0, 0.05) is 0 Å². The van der Waals surface area contributed by atoms with Crippen LogP contribution in [0.25, 0.3) is 0 Å². The molecule has 0 fully saturated rings. The number of carbonyl (C=O) groups excluding carboxylic acids is 2. The van der Waals surface area contributed by atoms with Gasteiger partial charge in [0.05, 0.1) is 0 Å². The summed E-state index contributed by atoms with van der Waals surface area (Å²) in [7, 11) is -2.46. The van der Waals surface area contributed by atoms with Crippen molar-refractivity contribution in [3.63, 3.8) is 0 Å². The van der Waals surface area contributed by atoms with Crippen molar-refractivity contribution >= 4 is 35.0 Å². The first-order valence-electron chi connectivity index (χ1n) is 16.5. The predicted octanol–water partition coefficient (Wildman–Crippen LogP) is 8.04. The number of imide groups is 1. The van der Waals surface area contributed by atoms with Crippen LogP contribution in [-0.2, 0) is 10.8 Å². The third-order valence-electron chi connectivity index (χ3n) is 10.5. The van der Waals surface area contributed by atoms with Gasteiger partial charge in [-0.15, -0.1) is 0 Å². The van der Waals surface area contributed by atoms with Gasteiger partial charge in [-0.1, -0.05) is 12.1 Å². The zero-order valence-electron chi connectivity index (χ0n) is 27.4. The number of nitrogens with zero attached hydrogens (tertiary/aromatic N) is 1. The maximum absolute atomic E-state index is 13.3. The van der Waals surface area contributed by atoms with E-state index in [1.807, 2.05) is 12.1 Å². The van der Waals surface area contributed by atoms with Gasteiger partial charge in [0.1, 0.15) is 0 Å². The standard InChI is InChI=1S/C42H44NO2P/c1-5-42(6-2,30-43-39(44)37-24-16-17-25-38(37)40(43)45)33-28-26-32(27-29-33)41(3,4)31-46(34-18-10-7-11-19-34,35-20-12-8-13-21-35)36-22-14-9-15-23-36/h7-29,46H,5-6,30-31H2,1-4H3. The van der Waals surface area contributed by atoms with E-state index >= 15 is 0 Å². The van der Waals surface area contributed by atoms with Crippen molar-refractivity contribution in [1.82, 2.24) is 4.90 Å². The van der Waals surface area contributed by atoms with Gasteiger partial charge in [-0.05, 0) is 0 Å². The number of hydrogen-bond acceptors (Lipinski definition) is 2. The number of fused-ring (bicyclic) bond motifs is 1. The Morgan fingerprint density at radius 2 is 0.891 bits per heavy atom. The molecule has 1 aliphatic heterocycles. The monoisotopic (exact) mass is 625 g/mol. The van der Waals surface area contributed by atoms with Crippen molar-refractivity contribution in [2.24, 2.45) is 0 Å². The van der Waals surface area contributed by atoms with Crippen molar-refractivity contribution in [2.75, 3.05) is 12.7 Å². The molecule has 0 radical (unpaired) electrons. The molecule has 2 amide bonds. The summed E-state index contributed by atoms with van der Waals surface area (Å²) in [6.07, 6.45) is 2.65. The van der Waals surface area contributed by atoms with Crippen LogP contribution in [0.5, 0.6) is 0 Å². The summed E-state index contributed by atoms with van der Waals surface area (Å²) in [6.45, 7) is 9.47. The van der Waals surface area contributed by atoms with Gasteiger partial charge in [-0.25, -0.2) is 0 Å². The Hall–Kier alpha value is -4.33. The van der Waals surface area contributed by atoms with Crippen LogP contribution in [-0.4, -0.2) is 29.4 Å². The number of carbonyl (C=O) groups is 2.